The highest BCUT2D eigenvalue weighted by molar-refractivity contribution is 7.80. The van der Waals surface area contributed by atoms with Crippen LogP contribution in [-0.2, 0) is 14.3 Å². The van der Waals surface area contributed by atoms with E-state index in [-0.39, 0.29) is 19.8 Å². The SMILES string of the molecule is C#CCOc1cccc(C=NNC(=O)COc2ccccc2[C@@H]2NC(=S)NC(C)=C2C(=O)OCC)c1. The van der Waals surface area contributed by atoms with Gasteiger partial charge in [-0.25, -0.2) is 10.2 Å². The summed E-state index contributed by atoms with van der Waals surface area (Å²) < 4.78 is 16.4. The molecule has 3 rings (SSSR count). The van der Waals surface area contributed by atoms with Crippen molar-refractivity contribution in [1.29, 1.82) is 0 Å². The Bertz CT molecular complexity index is 1230. The van der Waals surface area contributed by atoms with Crippen molar-refractivity contribution in [1.82, 2.24) is 16.1 Å². The van der Waals surface area contributed by atoms with Crippen molar-refractivity contribution in [2.24, 2.45) is 5.10 Å². The number of esters is 1. The molecule has 0 unspecified atom stereocenters. The number of hydrazone groups is 1. The zero-order valence-electron chi connectivity index (χ0n) is 19.9. The maximum atomic E-state index is 12.6. The van der Waals surface area contributed by atoms with Crippen LogP contribution in [0.4, 0.5) is 0 Å². The highest BCUT2D eigenvalue weighted by Crippen LogP contribution is 2.33. The number of benzene rings is 2. The first-order valence-corrected chi connectivity index (χ1v) is 11.5. The number of carbonyl (C=O) groups is 2. The summed E-state index contributed by atoms with van der Waals surface area (Å²) in [5, 5.41) is 10.4. The van der Waals surface area contributed by atoms with Crippen molar-refractivity contribution in [3.8, 4) is 23.8 Å². The third-order valence-electron chi connectivity index (χ3n) is 4.94. The van der Waals surface area contributed by atoms with Crippen LogP contribution in [0, 0.1) is 12.3 Å². The average Bonchev–Trinajstić information content (AvgIpc) is 2.86. The summed E-state index contributed by atoms with van der Waals surface area (Å²) in [6, 6.07) is 13.6. The van der Waals surface area contributed by atoms with E-state index in [1.165, 1.54) is 6.21 Å². The maximum absolute atomic E-state index is 12.6. The molecule has 3 N–H and O–H groups in total. The van der Waals surface area contributed by atoms with E-state index in [1.54, 1.807) is 62.4 Å². The molecule has 186 valence electrons. The lowest BCUT2D eigenvalue weighted by Gasteiger charge is -2.30. The number of hydrogen-bond donors (Lipinski definition) is 3. The minimum absolute atomic E-state index is 0.158. The minimum Gasteiger partial charge on any atom is -0.483 e. The number of amides is 1. The van der Waals surface area contributed by atoms with E-state index in [1.807, 2.05) is 0 Å². The van der Waals surface area contributed by atoms with Gasteiger partial charge in [-0.15, -0.1) is 6.42 Å². The van der Waals surface area contributed by atoms with Crippen molar-refractivity contribution >= 4 is 35.4 Å². The van der Waals surface area contributed by atoms with E-state index < -0.39 is 17.9 Å². The van der Waals surface area contributed by atoms with Crippen LogP contribution < -0.4 is 25.5 Å². The summed E-state index contributed by atoms with van der Waals surface area (Å²) in [7, 11) is 0. The highest BCUT2D eigenvalue weighted by Gasteiger charge is 2.32. The molecular weight excluding hydrogens is 480 g/mol. The third-order valence-corrected chi connectivity index (χ3v) is 5.16. The molecule has 2 aromatic rings. The Morgan fingerprint density at radius 2 is 2.03 bits per heavy atom. The summed E-state index contributed by atoms with van der Waals surface area (Å²) in [4.78, 5) is 25.0. The van der Waals surface area contributed by atoms with E-state index in [4.69, 9.17) is 32.9 Å². The van der Waals surface area contributed by atoms with Crippen molar-refractivity contribution < 1.29 is 23.8 Å². The van der Waals surface area contributed by atoms with Gasteiger partial charge in [0.15, 0.2) is 11.7 Å². The summed E-state index contributed by atoms with van der Waals surface area (Å²) in [5.41, 5.74) is 4.73. The Morgan fingerprint density at radius 3 is 2.81 bits per heavy atom. The van der Waals surface area contributed by atoms with Gasteiger partial charge < -0.3 is 24.8 Å². The summed E-state index contributed by atoms with van der Waals surface area (Å²) in [6.07, 6.45) is 6.68. The van der Waals surface area contributed by atoms with E-state index in [0.29, 0.717) is 33.4 Å². The predicted molar refractivity (Wildman–Crippen MR) is 139 cm³/mol. The molecular formula is C26H26N4O5S. The number of nitrogens with zero attached hydrogens (tertiary/aromatic N) is 1. The van der Waals surface area contributed by atoms with Crippen molar-refractivity contribution in [2.75, 3.05) is 19.8 Å². The first-order chi connectivity index (χ1) is 17.4. The predicted octanol–water partition coefficient (Wildman–Crippen LogP) is 2.58. The lowest BCUT2D eigenvalue weighted by atomic mass is 9.95. The van der Waals surface area contributed by atoms with E-state index in [9.17, 15) is 9.59 Å². The van der Waals surface area contributed by atoms with Gasteiger partial charge in [0.05, 0.1) is 24.4 Å². The van der Waals surface area contributed by atoms with Crippen molar-refractivity contribution in [3.05, 3.63) is 70.9 Å². The Balaban J connectivity index is 1.67. The van der Waals surface area contributed by atoms with Crippen LogP contribution in [0.3, 0.4) is 0 Å². The summed E-state index contributed by atoms with van der Waals surface area (Å²) >= 11 is 5.28. The summed E-state index contributed by atoms with van der Waals surface area (Å²) in [6.45, 7) is 3.57. The molecule has 1 aliphatic heterocycles. The number of hydrogen-bond acceptors (Lipinski definition) is 7. The van der Waals surface area contributed by atoms with E-state index >= 15 is 0 Å². The van der Waals surface area contributed by atoms with Gasteiger partial charge in [-0.05, 0) is 49.8 Å². The first-order valence-electron chi connectivity index (χ1n) is 11.1. The molecule has 1 aliphatic rings. The molecule has 0 aliphatic carbocycles. The first kappa shape index (κ1) is 26.2. The van der Waals surface area contributed by atoms with Crippen LogP contribution in [0.5, 0.6) is 11.5 Å². The van der Waals surface area contributed by atoms with Crippen molar-refractivity contribution in [3.63, 3.8) is 0 Å². The monoisotopic (exact) mass is 506 g/mol. The number of carbonyl (C=O) groups excluding carboxylic acids is 2. The highest BCUT2D eigenvalue weighted by atomic mass is 32.1. The molecule has 1 amide bonds. The van der Waals surface area contributed by atoms with Crippen LogP contribution in [0.1, 0.15) is 31.0 Å². The minimum atomic E-state index is -0.612. The second-order valence-electron chi connectivity index (χ2n) is 7.48. The van der Waals surface area contributed by atoms with Gasteiger partial charge in [-0.3, -0.25) is 4.79 Å². The molecule has 0 bridgehead atoms. The Morgan fingerprint density at radius 1 is 1.22 bits per heavy atom. The largest absolute Gasteiger partial charge is 0.483 e. The molecule has 36 heavy (non-hydrogen) atoms. The average molecular weight is 507 g/mol. The molecule has 9 nitrogen and oxygen atoms in total. The quantitative estimate of drug-likeness (QED) is 0.148. The smallest absolute Gasteiger partial charge is 0.338 e. The number of terminal acetylenes is 1. The second-order valence-corrected chi connectivity index (χ2v) is 7.88. The summed E-state index contributed by atoms with van der Waals surface area (Å²) in [5.74, 6) is 2.47. The molecule has 1 heterocycles. The molecule has 0 fully saturated rings. The second kappa shape index (κ2) is 12.9. The molecule has 0 saturated carbocycles. The molecule has 0 spiro atoms. The number of rotatable bonds is 10. The number of nitrogens with one attached hydrogen (secondary N) is 3. The van der Waals surface area contributed by atoms with Gasteiger partial charge in [-0.1, -0.05) is 36.3 Å². The molecule has 0 aromatic heterocycles. The molecule has 1 atom stereocenters. The molecule has 2 aromatic carbocycles. The number of allylic oxidation sites excluding steroid dienone is 1. The van der Waals surface area contributed by atoms with Gasteiger partial charge >= 0.3 is 5.97 Å². The Kier molecular flexibility index (Phi) is 9.42. The Labute approximate surface area is 214 Å². The van der Waals surface area contributed by atoms with Gasteiger partial charge in [-0.2, -0.15) is 5.10 Å². The number of ether oxygens (including phenoxy) is 3. The normalized spacial score (nSPS) is 14.9. The lowest BCUT2D eigenvalue weighted by Crippen LogP contribution is -2.45. The Hall–Kier alpha value is -4.36. The number of para-hydroxylation sites is 1. The molecule has 0 saturated heterocycles. The van der Waals surface area contributed by atoms with Crippen LogP contribution in [0.15, 0.2) is 64.9 Å². The van der Waals surface area contributed by atoms with Crippen LogP contribution >= 0.6 is 12.2 Å². The van der Waals surface area contributed by atoms with Gasteiger partial charge in [0.25, 0.3) is 5.91 Å². The lowest BCUT2D eigenvalue weighted by molar-refractivity contribution is -0.139. The van der Waals surface area contributed by atoms with E-state index in [2.05, 4.69) is 27.1 Å². The topological polar surface area (TPSA) is 110 Å². The standard InChI is InChI=1S/C26H26N4O5S/c1-4-13-34-19-10-8-9-18(14-19)15-27-30-22(31)16-35-21-12-7-6-11-20(21)24-23(25(32)33-5-2)17(3)28-26(36)29-24/h1,6-12,14-15,24H,5,13,16H2,2-3H3,(H,30,31)(H2,28,29,36)/t24-/m0/s1. The molecule has 10 heteroatoms. The van der Waals surface area contributed by atoms with Crippen LogP contribution in [0.25, 0.3) is 0 Å². The number of thiocarbonyl (C=S) groups is 1. The zero-order chi connectivity index (χ0) is 25.9. The van der Waals surface area contributed by atoms with Crippen LogP contribution in [0.2, 0.25) is 0 Å². The van der Waals surface area contributed by atoms with Gasteiger partial charge in [0, 0.05) is 11.3 Å². The molecule has 0 radical (unpaired) electrons. The van der Waals surface area contributed by atoms with Crippen molar-refractivity contribution in [2.45, 2.75) is 19.9 Å². The third kappa shape index (κ3) is 7.07. The fraction of sp³-hybridized carbons (Fsp3) is 0.231. The van der Waals surface area contributed by atoms with Gasteiger partial charge in [0.1, 0.15) is 18.1 Å². The fourth-order valence-corrected chi connectivity index (χ4v) is 3.69. The van der Waals surface area contributed by atoms with E-state index in [0.717, 1.165) is 5.56 Å². The zero-order valence-corrected chi connectivity index (χ0v) is 20.7. The van der Waals surface area contributed by atoms with Crippen LogP contribution in [-0.4, -0.2) is 43.0 Å². The fourth-order valence-electron chi connectivity index (χ4n) is 3.42. The maximum Gasteiger partial charge on any atom is 0.338 e. The van der Waals surface area contributed by atoms with Gasteiger partial charge in [0.2, 0.25) is 0 Å².